The number of benzene rings is 4. The van der Waals surface area contributed by atoms with Crippen LogP contribution in [-0.2, 0) is 25.6 Å². The van der Waals surface area contributed by atoms with Gasteiger partial charge >= 0.3 is 6.18 Å². The van der Waals surface area contributed by atoms with Gasteiger partial charge in [0.2, 0.25) is 0 Å². The first-order valence-corrected chi connectivity index (χ1v) is 16.0. The number of likely N-dealkylation sites (tertiary alicyclic amines) is 1. The van der Waals surface area contributed by atoms with E-state index < -0.39 is 29.8 Å². The highest BCUT2D eigenvalue weighted by molar-refractivity contribution is 6.00. The van der Waals surface area contributed by atoms with Crippen molar-refractivity contribution in [3.8, 4) is 0 Å². The zero-order valence-corrected chi connectivity index (χ0v) is 26.3. The van der Waals surface area contributed by atoms with Gasteiger partial charge in [0.1, 0.15) is 0 Å². The molecule has 1 fully saturated rings. The number of nitrogens with one attached hydrogen (secondary N) is 2. The molecule has 0 spiro atoms. The predicted molar refractivity (Wildman–Crippen MR) is 176 cm³/mol. The lowest BCUT2D eigenvalue weighted by atomic mass is 9.99. The number of aliphatic hydroxyl groups excluding tert-OH is 1. The van der Waals surface area contributed by atoms with E-state index in [1.165, 1.54) is 11.6 Å². The zero-order valence-electron chi connectivity index (χ0n) is 26.3. The fourth-order valence-corrected chi connectivity index (χ4v) is 6.06. The molecule has 1 heterocycles. The summed E-state index contributed by atoms with van der Waals surface area (Å²) in [6, 6.07) is 28.7. The van der Waals surface area contributed by atoms with Crippen LogP contribution in [0.5, 0.6) is 0 Å². The Morgan fingerprint density at radius 1 is 0.872 bits per heavy atom. The van der Waals surface area contributed by atoms with Gasteiger partial charge in [0.05, 0.1) is 23.8 Å². The number of nitrogens with zero attached hydrogens (tertiary/aromatic N) is 1. The third-order valence-corrected chi connectivity index (χ3v) is 8.67. The van der Waals surface area contributed by atoms with Crippen molar-refractivity contribution in [1.82, 2.24) is 15.5 Å². The molecule has 0 aliphatic carbocycles. The number of hydrogen-bond donors (Lipinski definition) is 3. The minimum Gasteiger partial charge on any atom is -0.390 e. The van der Waals surface area contributed by atoms with Crippen LogP contribution >= 0.6 is 0 Å². The Hall–Kier alpha value is -4.47. The van der Waals surface area contributed by atoms with Gasteiger partial charge in [-0.2, -0.15) is 13.2 Å². The molecular formula is C38H40F3N3O3. The summed E-state index contributed by atoms with van der Waals surface area (Å²) in [5.41, 5.74) is 3.63. The Balaban J connectivity index is 1.27. The number of alkyl halides is 3. The summed E-state index contributed by atoms with van der Waals surface area (Å²) in [6.07, 6.45) is -2.46. The molecule has 0 radical (unpaired) electrons. The fourth-order valence-electron chi connectivity index (χ4n) is 6.06. The van der Waals surface area contributed by atoms with E-state index in [9.17, 15) is 27.9 Å². The molecule has 0 bridgehead atoms. The van der Waals surface area contributed by atoms with Crippen molar-refractivity contribution in [1.29, 1.82) is 0 Å². The lowest BCUT2D eigenvalue weighted by Gasteiger charge is -2.26. The number of amides is 2. The van der Waals surface area contributed by atoms with Gasteiger partial charge in [-0.05, 0) is 72.2 Å². The standard InChI is InChI=1S/C38H40F3N3O3/c1-2-26-16-18-29(19-17-26)34-15-8-20-44(34)37(47)31-13-7-12-30(23-31)36(46)43-33(22-27-9-4-3-5-10-27)35(45)25-42-24-28-11-6-14-32(21-28)38(39,40)41/h3-7,9-14,16-19,21,23,33-35,42,45H,2,8,15,20,22,24-25H2,1H3,(H,43,46)/t33-,34?,35+/m0/s1. The van der Waals surface area contributed by atoms with Crippen LogP contribution in [0.2, 0.25) is 0 Å². The lowest BCUT2D eigenvalue weighted by molar-refractivity contribution is -0.137. The fraction of sp³-hybridized carbons (Fsp3) is 0.316. The van der Waals surface area contributed by atoms with Crippen molar-refractivity contribution in [3.05, 3.63) is 142 Å². The molecule has 9 heteroatoms. The van der Waals surface area contributed by atoms with Crippen LogP contribution < -0.4 is 10.6 Å². The number of aryl methyl sites for hydroxylation is 1. The molecule has 1 aliphatic rings. The number of aliphatic hydroxyl groups is 1. The average Bonchev–Trinajstić information content (AvgIpc) is 3.58. The van der Waals surface area contributed by atoms with Gasteiger partial charge in [0.25, 0.3) is 11.8 Å². The first-order chi connectivity index (χ1) is 22.6. The highest BCUT2D eigenvalue weighted by Gasteiger charge is 2.32. The van der Waals surface area contributed by atoms with E-state index >= 15 is 0 Å². The molecule has 0 saturated carbocycles. The molecular weight excluding hydrogens is 603 g/mol. The molecule has 2 amide bonds. The van der Waals surface area contributed by atoms with Crippen molar-refractivity contribution in [3.63, 3.8) is 0 Å². The summed E-state index contributed by atoms with van der Waals surface area (Å²) in [5, 5.41) is 17.1. The number of carbonyl (C=O) groups excluding carboxylic acids is 2. The van der Waals surface area contributed by atoms with Gasteiger partial charge < -0.3 is 20.6 Å². The van der Waals surface area contributed by atoms with E-state index in [0.29, 0.717) is 29.7 Å². The van der Waals surface area contributed by atoms with E-state index in [4.69, 9.17) is 0 Å². The molecule has 6 nitrogen and oxygen atoms in total. The van der Waals surface area contributed by atoms with Gasteiger partial charge in [-0.1, -0.05) is 85.8 Å². The van der Waals surface area contributed by atoms with Crippen LogP contribution in [0, 0.1) is 0 Å². The van der Waals surface area contributed by atoms with E-state index in [1.54, 1.807) is 30.3 Å². The third kappa shape index (κ3) is 8.87. The molecule has 47 heavy (non-hydrogen) atoms. The van der Waals surface area contributed by atoms with Gasteiger partial charge in [-0.25, -0.2) is 0 Å². The molecule has 3 atom stereocenters. The summed E-state index contributed by atoms with van der Waals surface area (Å²) in [6.45, 7) is 2.88. The van der Waals surface area contributed by atoms with Gasteiger partial charge in [-0.15, -0.1) is 0 Å². The molecule has 0 aromatic heterocycles. The Morgan fingerprint density at radius 3 is 2.30 bits per heavy atom. The first-order valence-electron chi connectivity index (χ1n) is 16.0. The minimum absolute atomic E-state index is 0.0280. The molecule has 1 aliphatic heterocycles. The normalized spacial score (nSPS) is 16.1. The van der Waals surface area contributed by atoms with Crippen LogP contribution in [0.15, 0.2) is 103 Å². The maximum atomic E-state index is 13.7. The van der Waals surface area contributed by atoms with Crippen molar-refractivity contribution in [2.75, 3.05) is 13.1 Å². The summed E-state index contributed by atoms with van der Waals surface area (Å²) in [4.78, 5) is 29.1. The van der Waals surface area contributed by atoms with E-state index in [1.807, 2.05) is 35.2 Å². The SMILES string of the molecule is CCc1ccc(C2CCCN2C(=O)c2cccc(C(=O)N[C@@H](Cc3ccccc3)[C@H](O)CNCc3cccc(C(F)(F)F)c3)c2)cc1. The maximum Gasteiger partial charge on any atom is 0.416 e. The van der Waals surface area contributed by atoms with Crippen molar-refractivity contribution in [2.24, 2.45) is 0 Å². The number of halogens is 3. The van der Waals surface area contributed by atoms with Crippen molar-refractivity contribution >= 4 is 11.8 Å². The number of hydrogen-bond acceptors (Lipinski definition) is 4. The smallest absolute Gasteiger partial charge is 0.390 e. The predicted octanol–water partition coefficient (Wildman–Crippen LogP) is 6.74. The summed E-state index contributed by atoms with van der Waals surface area (Å²) in [7, 11) is 0. The Labute approximate surface area is 273 Å². The second-order valence-electron chi connectivity index (χ2n) is 12.0. The summed E-state index contributed by atoms with van der Waals surface area (Å²) >= 11 is 0. The molecule has 1 unspecified atom stereocenters. The van der Waals surface area contributed by atoms with Crippen molar-refractivity contribution in [2.45, 2.75) is 63.5 Å². The Morgan fingerprint density at radius 2 is 1.57 bits per heavy atom. The van der Waals surface area contributed by atoms with E-state index in [0.717, 1.165) is 42.5 Å². The highest BCUT2D eigenvalue weighted by atomic mass is 19.4. The monoisotopic (exact) mass is 643 g/mol. The minimum atomic E-state index is -4.45. The van der Waals surface area contributed by atoms with E-state index in [-0.39, 0.29) is 25.0 Å². The molecule has 4 aromatic carbocycles. The van der Waals surface area contributed by atoms with E-state index in [2.05, 4.69) is 41.8 Å². The second kappa shape index (κ2) is 15.4. The Bertz CT molecular complexity index is 1640. The topological polar surface area (TPSA) is 81.7 Å². The van der Waals surface area contributed by atoms with Gasteiger partial charge in [-0.3, -0.25) is 9.59 Å². The number of carbonyl (C=O) groups is 2. The summed E-state index contributed by atoms with van der Waals surface area (Å²) < 4.78 is 39.4. The molecule has 4 aromatic rings. The Kier molecular flexibility index (Phi) is 11.1. The maximum absolute atomic E-state index is 13.7. The first kappa shape index (κ1) is 33.9. The van der Waals surface area contributed by atoms with Crippen LogP contribution in [-0.4, -0.2) is 47.1 Å². The molecule has 3 N–H and O–H groups in total. The van der Waals surface area contributed by atoms with Crippen LogP contribution in [0.3, 0.4) is 0 Å². The highest BCUT2D eigenvalue weighted by Crippen LogP contribution is 2.33. The lowest BCUT2D eigenvalue weighted by Crippen LogP contribution is -2.48. The molecule has 246 valence electrons. The van der Waals surface area contributed by atoms with Crippen LogP contribution in [0.1, 0.15) is 74.3 Å². The summed E-state index contributed by atoms with van der Waals surface area (Å²) in [5.74, 6) is -0.577. The largest absolute Gasteiger partial charge is 0.416 e. The third-order valence-electron chi connectivity index (χ3n) is 8.67. The van der Waals surface area contributed by atoms with Crippen LogP contribution in [0.4, 0.5) is 13.2 Å². The second-order valence-corrected chi connectivity index (χ2v) is 12.0. The number of rotatable bonds is 12. The average molecular weight is 644 g/mol. The van der Waals surface area contributed by atoms with Crippen molar-refractivity contribution < 1.29 is 27.9 Å². The van der Waals surface area contributed by atoms with Crippen LogP contribution in [0.25, 0.3) is 0 Å². The quantitative estimate of drug-likeness (QED) is 0.160. The van der Waals surface area contributed by atoms with Gasteiger partial charge in [0.15, 0.2) is 0 Å². The molecule has 1 saturated heterocycles. The van der Waals surface area contributed by atoms with Gasteiger partial charge in [0, 0.05) is 30.8 Å². The zero-order chi connectivity index (χ0) is 33.4. The molecule has 5 rings (SSSR count).